The Hall–Kier alpha value is -3.56. The second-order valence-corrected chi connectivity index (χ2v) is 9.23. The minimum atomic E-state index is -3.63. The van der Waals surface area contributed by atoms with E-state index >= 15 is 0 Å². The first kappa shape index (κ1) is 21.7. The van der Waals surface area contributed by atoms with Crippen LogP contribution in [0.1, 0.15) is 16.7 Å². The SMILES string of the molecule is COc1ccc([N+](=O)[O-])cc1C=Nc1ccc(S(=O)(=O)N2CCc3ccccc3C2)cc1. The van der Waals surface area contributed by atoms with Gasteiger partial charge >= 0.3 is 0 Å². The maximum atomic E-state index is 13.1. The second kappa shape index (κ2) is 8.89. The van der Waals surface area contributed by atoms with E-state index in [0.717, 1.165) is 5.56 Å². The smallest absolute Gasteiger partial charge is 0.270 e. The van der Waals surface area contributed by atoms with Crippen LogP contribution >= 0.6 is 0 Å². The lowest BCUT2D eigenvalue weighted by molar-refractivity contribution is -0.384. The monoisotopic (exact) mass is 451 g/mol. The molecule has 0 radical (unpaired) electrons. The molecule has 0 atom stereocenters. The van der Waals surface area contributed by atoms with E-state index in [1.54, 1.807) is 12.1 Å². The Kier molecular flexibility index (Phi) is 6.02. The zero-order valence-electron chi connectivity index (χ0n) is 17.3. The van der Waals surface area contributed by atoms with Crippen LogP contribution in [0.4, 0.5) is 11.4 Å². The lowest BCUT2D eigenvalue weighted by Gasteiger charge is -2.28. The van der Waals surface area contributed by atoms with Crippen LogP contribution in [-0.4, -0.2) is 37.5 Å². The normalized spacial score (nSPS) is 14.3. The predicted molar refractivity (Wildman–Crippen MR) is 121 cm³/mol. The Morgan fingerprint density at radius 2 is 1.78 bits per heavy atom. The van der Waals surface area contributed by atoms with E-state index in [4.69, 9.17) is 4.74 Å². The summed E-state index contributed by atoms with van der Waals surface area (Å²) in [6, 6.07) is 18.3. The molecule has 0 aromatic heterocycles. The van der Waals surface area contributed by atoms with Gasteiger partial charge in [0, 0.05) is 37.0 Å². The average Bonchev–Trinajstić information content (AvgIpc) is 2.82. The summed E-state index contributed by atoms with van der Waals surface area (Å²) in [5, 5.41) is 11.0. The number of methoxy groups -OCH3 is 1. The third-order valence-electron chi connectivity index (χ3n) is 5.35. The van der Waals surface area contributed by atoms with Crippen LogP contribution in [0.25, 0.3) is 0 Å². The molecule has 1 aliphatic heterocycles. The zero-order valence-corrected chi connectivity index (χ0v) is 18.2. The minimum Gasteiger partial charge on any atom is -0.496 e. The number of sulfonamides is 1. The summed E-state index contributed by atoms with van der Waals surface area (Å²) in [5.74, 6) is 0.448. The number of hydrogen-bond donors (Lipinski definition) is 0. The summed E-state index contributed by atoms with van der Waals surface area (Å²) in [7, 11) is -2.16. The van der Waals surface area contributed by atoms with Gasteiger partial charge in [-0.15, -0.1) is 0 Å². The Morgan fingerprint density at radius 1 is 1.06 bits per heavy atom. The van der Waals surface area contributed by atoms with Crippen LogP contribution in [0, 0.1) is 10.1 Å². The highest BCUT2D eigenvalue weighted by Gasteiger charge is 2.28. The molecule has 0 saturated carbocycles. The molecule has 1 aliphatic rings. The van der Waals surface area contributed by atoms with Gasteiger partial charge in [0.1, 0.15) is 5.75 Å². The molecule has 3 aromatic carbocycles. The van der Waals surface area contributed by atoms with Crippen molar-refractivity contribution >= 4 is 27.6 Å². The van der Waals surface area contributed by atoms with Crippen molar-refractivity contribution in [3.05, 3.63) is 93.5 Å². The van der Waals surface area contributed by atoms with Crippen LogP contribution in [-0.2, 0) is 23.0 Å². The molecular formula is C23H21N3O5S. The highest BCUT2D eigenvalue weighted by molar-refractivity contribution is 7.89. The maximum Gasteiger partial charge on any atom is 0.270 e. The van der Waals surface area contributed by atoms with Crippen molar-refractivity contribution in [1.29, 1.82) is 0 Å². The Bertz CT molecular complexity index is 1290. The maximum absolute atomic E-state index is 13.1. The number of aliphatic imine (C=N–C) groups is 1. The van der Waals surface area contributed by atoms with Crippen molar-refractivity contribution in [2.45, 2.75) is 17.9 Å². The average molecular weight is 452 g/mol. The molecule has 8 nitrogen and oxygen atoms in total. The highest BCUT2D eigenvalue weighted by atomic mass is 32.2. The number of nitro benzene ring substituents is 1. The summed E-state index contributed by atoms with van der Waals surface area (Å²) < 4.78 is 32.9. The first-order valence-electron chi connectivity index (χ1n) is 9.92. The number of nitro groups is 1. The van der Waals surface area contributed by atoms with Gasteiger partial charge in [-0.25, -0.2) is 8.42 Å². The fourth-order valence-electron chi connectivity index (χ4n) is 3.61. The first-order chi connectivity index (χ1) is 15.4. The van der Waals surface area contributed by atoms with Gasteiger partial charge in [0.15, 0.2) is 0 Å². The molecule has 0 spiro atoms. The molecule has 0 aliphatic carbocycles. The molecule has 0 fully saturated rings. The molecule has 0 unspecified atom stereocenters. The number of hydrogen-bond acceptors (Lipinski definition) is 6. The molecule has 1 heterocycles. The van der Waals surface area contributed by atoms with Crippen LogP contribution in [0.5, 0.6) is 5.75 Å². The van der Waals surface area contributed by atoms with Gasteiger partial charge in [-0.2, -0.15) is 4.31 Å². The second-order valence-electron chi connectivity index (χ2n) is 7.29. The lowest BCUT2D eigenvalue weighted by atomic mass is 10.0. The Labute approximate surface area is 186 Å². The molecule has 3 aromatic rings. The predicted octanol–water partition coefficient (Wildman–Crippen LogP) is 4.10. The topological polar surface area (TPSA) is 102 Å². The van der Waals surface area contributed by atoms with Crippen LogP contribution in [0.2, 0.25) is 0 Å². The standard InChI is InChI=1S/C23H21N3O5S/c1-31-23-11-8-21(26(27)28)14-19(23)15-24-20-6-9-22(10-7-20)32(29,30)25-13-12-17-4-2-3-5-18(17)16-25/h2-11,14-15H,12-13,16H2,1H3. The van der Waals surface area contributed by atoms with E-state index in [9.17, 15) is 18.5 Å². The summed E-state index contributed by atoms with van der Waals surface area (Å²) in [6.07, 6.45) is 2.14. The Balaban J connectivity index is 1.54. The molecule has 0 saturated heterocycles. The number of benzene rings is 3. The molecule has 164 valence electrons. The summed E-state index contributed by atoms with van der Waals surface area (Å²) in [4.78, 5) is 15.0. The van der Waals surface area contributed by atoms with Crippen molar-refractivity contribution in [3.63, 3.8) is 0 Å². The van der Waals surface area contributed by atoms with Gasteiger partial charge in [0.2, 0.25) is 10.0 Å². The van der Waals surface area contributed by atoms with Crippen molar-refractivity contribution in [2.75, 3.05) is 13.7 Å². The van der Waals surface area contributed by atoms with Crippen molar-refractivity contribution in [2.24, 2.45) is 4.99 Å². The van der Waals surface area contributed by atoms with E-state index < -0.39 is 14.9 Å². The minimum absolute atomic E-state index is 0.0724. The first-order valence-corrected chi connectivity index (χ1v) is 11.4. The van der Waals surface area contributed by atoms with Gasteiger partial charge in [0.25, 0.3) is 5.69 Å². The van der Waals surface area contributed by atoms with E-state index in [1.165, 1.54) is 53.5 Å². The number of rotatable bonds is 6. The summed E-state index contributed by atoms with van der Waals surface area (Å²) in [6.45, 7) is 0.789. The number of nitrogens with zero attached hydrogens (tertiary/aromatic N) is 3. The van der Waals surface area contributed by atoms with Crippen molar-refractivity contribution in [3.8, 4) is 5.75 Å². The number of non-ortho nitro benzene ring substituents is 1. The van der Waals surface area contributed by atoms with E-state index in [1.807, 2.05) is 24.3 Å². The zero-order chi connectivity index (χ0) is 22.7. The van der Waals surface area contributed by atoms with Gasteiger partial charge in [0.05, 0.1) is 22.6 Å². The number of fused-ring (bicyclic) bond motifs is 1. The largest absolute Gasteiger partial charge is 0.496 e. The van der Waals surface area contributed by atoms with E-state index in [-0.39, 0.29) is 10.6 Å². The fraction of sp³-hybridized carbons (Fsp3) is 0.174. The molecular weight excluding hydrogens is 430 g/mol. The summed E-state index contributed by atoms with van der Waals surface area (Å²) >= 11 is 0. The van der Waals surface area contributed by atoms with Gasteiger partial charge in [-0.1, -0.05) is 24.3 Å². The van der Waals surface area contributed by atoms with Crippen molar-refractivity contribution < 1.29 is 18.1 Å². The third-order valence-corrected chi connectivity index (χ3v) is 7.21. The lowest BCUT2D eigenvalue weighted by Crippen LogP contribution is -2.35. The Morgan fingerprint density at radius 3 is 2.47 bits per heavy atom. The molecule has 0 amide bonds. The molecule has 9 heteroatoms. The van der Waals surface area contributed by atoms with Gasteiger partial charge in [-0.05, 0) is 47.9 Å². The molecule has 0 bridgehead atoms. The van der Waals surface area contributed by atoms with E-state index in [0.29, 0.717) is 36.5 Å². The molecule has 32 heavy (non-hydrogen) atoms. The van der Waals surface area contributed by atoms with E-state index in [2.05, 4.69) is 4.99 Å². The van der Waals surface area contributed by atoms with Crippen LogP contribution in [0.3, 0.4) is 0 Å². The highest BCUT2D eigenvalue weighted by Crippen LogP contribution is 2.27. The molecule has 0 N–H and O–H groups in total. The van der Waals surface area contributed by atoms with Crippen LogP contribution in [0.15, 0.2) is 76.6 Å². The quantitative estimate of drug-likeness (QED) is 0.319. The number of ether oxygens (including phenoxy) is 1. The van der Waals surface area contributed by atoms with Gasteiger partial charge < -0.3 is 4.74 Å². The van der Waals surface area contributed by atoms with Crippen molar-refractivity contribution in [1.82, 2.24) is 4.31 Å². The van der Waals surface area contributed by atoms with Gasteiger partial charge in [-0.3, -0.25) is 15.1 Å². The fourth-order valence-corrected chi connectivity index (χ4v) is 5.03. The summed E-state index contributed by atoms with van der Waals surface area (Å²) in [5.41, 5.74) is 3.10. The molecule has 4 rings (SSSR count). The third kappa shape index (κ3) is 4.39. The van der Waals surface area contributed by atoms with Crippen LogP contribution < -0.4 is 4.74 Å².